The van der Waals surface area contributed by atoms with E-state index in [1.165, 1.54) is 5.56 Å². The zero-order chi connectivity index (χ0) is 18.6. The minimum absolute atomic E-state index is 0.0823. The number of hydrogen-bond acceptors (Lipinski definition) is 5. The first-order valence-electron chi connectivity index (χ1n) is 9.55. The van der Waals surface area contributed by atoms with Gasteiger partial charge < -0.3 is 20.5 Å². The first kappa shape index (κ1) is 19.3. The summed E-state index contributed by atoms with van der Waals surface area (Å²) in [4.78, 5) is 14.8. The highest BCUT2D eigenvalue weighted by atomic mass is 16.5. The van der Waals surface area contributed by atoms with E-state index < -0.39 is 5.54 Å². The lowest BCUT2D eigenvalue weighted by atomic mass is 9.90. The second kappa shape index (κ2) is 8.48. The van der Waals surface area contributed by atoms with Gasteiger partial charge >= 0.3 is 0 Å². The topological polar surface area (TPSA) is 76.8 Å². The van der Waals surface area contributed by atoms with E-state index in [9.17, 15) is 4.79 Å². The van der Waals surface area contributed by atoms with Crippen molar-refractivity contribution < 1.29 is 14.3 Å². The molecule has 26 heavy (non-hydrogen) atoms. The molecule has 0 aliphatic carbocycles. The Morgan fingerprint density at radius 1 is 1.15 bits per heavy atom. The molecule has 144 valence electrons. The van der Waals surface area contributed by atoms with Crippen LogP contribution in [0.25, 0.3) is 0 Å². The van der Waals surface area contributed by atoms with Crippen LogP contribution >= 0.6 is 0 Å². The van der Waals surface area contributed by atoms with Crippen molar-refractivity contribution in [2.45, 2.75) is 57.5 Å². The fourth-order valence-corrected chi connectivity index (χ4v) is 3.76. The third-order valence-electron chi connectivity index (χ3n) is 5.21. The molecule has 3 rings (SSSR count). The number of hydrogen-bond donors (Lipinski definition) is 2. The SMILES string of the molecule is CC1CN(Cc2ccc(CNC(=O)C3(N)CCOCC3)cc2)CC(C)O1. The Balaban J connectivity index is 1.49. The third-order valence-corrected chi connectivity index (χ3v) is 5.21. The van der Waals surface area contributed by atoms with Gasteiger partial charge in [0, 0.05) is 39.4 Å². The van der Waals surface area contributed by atoms with Crippen LogP contribution in [0, 0.1) is 0 Å². The normalized spacial score (nSPS) is 26.4. The first-order chi connectivity index (χ1) is 12.4. The molecule has 6 nitrogen and oxygen atoms in total. The molecule has 2 saturated heterocycles. The van der Waals surface area contributed by atoms with Gasteiger partial charge in [0.05, 0.1) is 17.7 Å². The van der Waals surface area contributed by atoms with Crippen LogP contribution in [0.1, 0.15) is 37.8 Å². The first-order valence-corrected chi connectivity index (χ1v) is 9.55. The molecule has 0 aromatic heterocycles. The Labute approximate surface area is 156 Å². The molecule has 6 heteroatoms. The molecule has 1 aromatic carbocycles. The molecule has 3 N–H and O–H groups in total. The second-order valence-corrected chi connectivity index (χ2v) is 7.72. The number of rotatable bonds is 5. The molecular weight excluding hydrogens is 330 g/mol. The Bertz CT molecular complexity index is 589. The van der Waals surface area contributed by atoms with Crippen LogP contribution in [0.5, 0.6) is 0 Å². The molecule has 2 unspecified atom stereocenters. The van der Waals surface area contributed by atoms with Gasteiger partial charge in [-0.25, -0.2) is 0 Å². The number of nitrogens with one attached hydrogen (secondary N) is 1. The summed E-state index contributed by atoms with van der Waals surface area (Å²) in [7, 11) is 0. The van der Waals surface area contributed by atoms with E-state index in [4.69, 9.17) is 15.2 Å². The Morgan fingerprint density at radius 2 is 1.73 bits per heavy atom. The van der Waals surface area contributed by atoms with Gasteiger partial charge in [-0.2, -0.15) is 0 Å². The molecule has 0 radical (unpaired) electrons. The van der Waals surface area contributed by atoms with Gasteiger partial charge in [0.15, 0.2) is 0 Å². The quantitative estimate of drug-likeness (QED) is 0.829. The summed E-state index contributed by atoms with van der Waals surface area (Å²) >= 11 is 0. The zero-order valence-corrected chi connectivity index (χ0v) is 15.9. The van der Waals surface area contributed by atoms with E-state index in [0.29, 0.717) is 32.6 Å². The molecule has 1 aromatic rings. The van der Waals surface area contributed by atoms with Crippen molar-refractivity contribution in [2.75, 3.05) is 26.3 Å². The third kappa shape index (κ3) is 5.04. The summed E-state index contributed by atoms with van der Waals surface area (Å²) in [5.41, 5.74) is 7.78. The molecular formula is C20H31N3O3. The number of carbonyl (C=O) groups excluding carboxylic acids is 1. The number of morpholine rings is 1. The highest BCUT2D eigenvalue weighted by Crippen LogP contribution is 2.18. The van der Waals surface area contributed by atoms with Gasteiger partial charge in [0.25, 0.3) is 0 Å². The molecule has 2 aliphatic heterocycles. The van der Waals surface area contributed by atoms with Crippen LogP contribution in [0.4, 0.5) is 0 Å². The van der Waals surface area contributed by atoms with Crippen LogP contribution in [-0.2, 0) is 27.4 Å². The van der Waals surface area contributed by atoms with E-state index >= 15 is 0 Å². The van der Waals surface area contributed by atoms with E-state index in [0.717, 1.165) is 25.2 Å². The standard InChI is InChI=1S/C20H31N3O3/c1-15-12-23(13-16(2)26-15)14-18-5-3-17(4-6-18)11-22-19(24)20(21)7-9-25-10-8-20/h3-6,15-16H,7-14,21H2,1-2H3,(H,22,24). The van der Waals surface area contributed by atoms with Gasteiger partial charge in [-0.15, -0.1) is 0 Å². The smallest absolute Gasteiger partial charge is 0.240 e. The Morgan fingerprint density at radius 3 is 2.35 bits per heavy atom. The van der Waals surface area contributed by atoms with Crippen molar-refractivity contribution in [1.29, 1.82) is 0 Å². The van der Waals surface area contributed by atoms with E-state index in [1.807, 2.05) is 0 Å². The molecule has 2 aliphatic rings. The van der Waals surface area contributed by atoms with Crippen molar-refractivity contribution in [3.63, 3.8) is 0 Å². The number of amides is 1. The molecule has 2 fully saturated rings. The molecule has 2 atom stereocenters. The summed E-state index contributed by atoms with van der Waals surface area (Å²) in [6, 6.07) is 8.43. The fraction of sp³-hybridized carbons (Fsp3) is 0.650. The van der Waals surface area contributed by atoms with Gasteiger partial charge in [0.1, 0.15) is 0 Å². The predicted octanol–water partition coefficient (Wildman–Crippen LogP) is 1.42. The van der Waals surface area contributed by atoms with Crippen molar-refractivity contribution in [3.05, 3.63) is 35.4 Å². The largest absolute Gasteiger partial charge is 0.381 e. The minimum atomic E-state index is -0.790. The number of carbonyl (C=O) groups is 1. The van der Waals surface area contributed by atoms with Gasteiger partial charge in [-0.05, 0) is 37.8 Å². The maximum Gasteiger partial charge on any atom is 0.240 e. The summed E-state index contributed by atoms with van der Waals surface area (Å²) in [5.74, 6) is -0.0823. The summed E-state index contributed by atoms with van der Waals surface area (Å²) in [6.45, 7) is 8.71. The highest BCUT2D eigenvalue weighted by Gasteiger charge is 2.35. The predicted molar refractivity (Wildman–Crippen MR) is 101 cm³/mol. The van der Waals surface area contributed by atoms with Gasteiger partial charge in [-0.3, -0.25) is 9.69 Å². The Kier molecular flexibility index (Phi) is 6.29. The van der Waals surface area contributed by atoms with Gasteiger partial charge in [-0.1, -0.05) is 24.3 Å². The molecule has 0 spiro atoms. The summed E-state index contributed by atoms with van der Waals surface area (Å²) in [5, 5.41) is 2.98. The highest BCUT2D eigenvalue weighted by molar-refractivity contribution is 5.86. The van der Waals surface area contributed by atoms with E-state index in [2.05, 4.69) is 48.3 Å². The number of nitrogens with two attached hydrogens (primary N) is 1. The van der Waals surface area contributed by atoms with Gasteiger partial charge in [0.2, 0.25) is 5.91 Å². The molecule has 0 saturated carbocycles. The second-order valence-electron chi connectivity index (χ2n) is 7.72. The van der Waals surface area contributed by atoms with Crippen LogP contribution in [-0.4, -0.2) is 54.9 Å². The monoisotopic (exact) mass is 361 g/mol. The average molecular weight is 361 g/mol. The lowest BCUT2D eigenvalue weighted by molar-refractivity contribution is -0.129. The van der Waals surface area contributed by atoms with Crippen molar-refractivity contribution in [3.8, 4) is 0 Å². The molecule has 2 heterocycles. The lowest BCUT2D eigenvalue weighted by Gasteiger charge is -2.35. The van der Waals surface area contributed by atoms with E-state index in [1.54, 1.807) is 0 Å². The summed E-state index contributed by atoms with van der Waals surface area (Å²) in [6.07, 6.45) is 1.71. The zero-order valence-electron chi connectivity index (χ0n) is 15.9. The van der Waals surface area contributed by atoms with Crippen LogP contribution in [0.15, 0.2) is 24.3 Å². The lowest BCUT2D eigenvalue weighted by Crippen LogP contribution is -2.56. The fourth-order valence-electron chi connectivity index (χ4n) is 3.76. The number of nitrogens with zero attached hydrogens (tertiary/aromatic N) is 1. The van der Waals surface area contributed by atoms with Crippen molar-refractivity contribution in [1.82, 2.24) is 10.2 Å². The minimum Gasteiger partial charge on any atom is -0.381 e. The average Bonchev–Trinajstić information content (AvgIpc) is 2.60. The summed E-state index contributed by atoms with van der Waals surface area (Å²) < 4.78 is 11.1. The maximum atomic E-state index is 12.4. The molecule has 0 bridgehead atoms. The van der Waals surface area contributed by atoms with Crippen LogP contribution < -0.4 is 11.1 Å². The Hall–Kier alpha value is -1.47. The van der Waals surface area contributed by atoms with Crippen LogP contribution in [0.2, 0.25) is 0 Å². The van der Waals surface area contributed by atoms with Crippen molar-refractivity contribution in [2.24, 2.45) is 5.73 Å². The molecule has 1 amide bonds. The maximum absolute atomic E-state index is 12.4. The van der Waals surface area contributed by atoms with Crippen molar-refractivity contribution >= 4 is 5.91 Å². The van der Waals surface area contributed by atoms with Crippen LogP contribution in [0.3, 0.4) is 0 Å². The van der Waals surface area contributed by atoms with E-state index in [-0.39, 0.29) is 18.1 Å². The number of ether oxygens (including phenoxy) is 2. The number of benzene rings is 1.